The van der Waals surface area contributed by atoms with E-state index < -0.39 is 0 Å². The molecule has 0 heteroatoms. The van der Waals surface area contributed by atoms with E-state index in [0.29, 0.717) is 0 Å². The van der Waals surface area contributed by atoms with Gasteiger partial charge in [0, 0.05) is 0 Å². The van der Waals surface area contributed by atoms with Crippen LogP contribution < -0.4 is 0 Å². The molecule has 0 nitrogen and oxygen atoms in total. The van der Waals surface area contributed by atoms with Crippen LogP contribution in [0.4, 0.5) is 0 Å². The van der Waals surface area contributed by atoms with Crippen molar-refractivity contribution in [3.05, 3.63) is 109 Å². The van der Waals surface area contributed by atoms with Crippen LogP contribution in [0.5, 0.6) is 0 Å². The number of hydrogen-bond acceptors (Lipinski definition) is 0. The van der Waals surface area contributed by atoms with Crippen LogP contribution in [-0.4, -0.2) is 0 Å². The summed E-state index contributed by atoms with van der Waals surface area (Å²) in [6.45, 7) is 0. The average Bonchev–Trinajstić information content (AvgIpc) is 2.82. The van der Waals surface area contributed by atoms with E-state index in [1.165, 1.54) is 64.6 Å². The van der Waals surface area contributed by atoms with Gasteiger partial charge in [0.25, 0.3) is 0 Å². The fourth-order valence-electron chi connectivity index (χ4n) is 5.23. The highest BCUT2D eigenvalue weighted by Crippen LogP contribution is 2.42. The minimum Gasteiger partial charge on any atom is -0.0616 e. The molecule has 0 fully saturated rings. The molecule has 0 atom stereocenters. The van der Waals surface area contributed by atoms with Crippen molar-refractivity contribution in [3.63, 3.8) is 0 Å². The quantitative estimate of drug-likeness (QED) is 0.183. The highest BCUT2D eigenvalue weighted by molar-refractivity contribution is 6.36. The number of rotatable bonds is 0. The van der Waals surface area contributed by atoms with E-state index in [4.69, 9.17) is 0 Å². The Kier molecular flexibility index (Phi) is 3.09. The van der Waals surface area contributed by atoms with E-state index >= 15 is 0 Å². The van der Waals surface area contributed by atoms with Crippen LogP contribution in [0.15, 0.2) is 109 Å². The minimum absolute atomic E-state index is 1.29. The Bertz CT molecular complexity index is 1790. The van der Waals surface area contributed by atoms with Gasteiger partial charge in [-0.3, -0.25) is 0 Å². The Morgan fingerprint density at radius 3 is 1.63 bits per heavy atom. The lowest BCUT2D eigenvalue weighted by molar-refractivity contribution is 1.78. The van der Waals surface area contributed by atoms with Gasteiger partial charge in [-0.1, -0.05) is 97.1 Å². The largest absolute Gasteiger partial charge is 0.0616 e. The van der Waals surface area contributed by atoms with Crippen molar-refractivity contribution in [2.24, 2.45) is 0 Å². The first-order chi connectivity index (χ1) is 14.9. The van der Waals surface area contributed by atoms with Crippen LogP contribution in [0.2, 0.25) is 0 Å². The van der Waals surface area contributed by atoms with Crippen LogP contribution in [0.1, 0.15) is 0 Å². The summed E-state index contributed by atoms with van der Waals surface area (Å²) in [5.41, 5.74) is 0. The van der Waals surface area contributed by atoms with Gasteiger partial charge in [0.2, 0.25) is 0 Å². The Hall–Kier alpha value is -3.90. The molecule has 0 aliphatic heterocycles. The number of hydrogen-bond donors (Lipinski definition) is 0. The third kappa shape index (κ3) is 2.06. The van der Waals surface area contributed by atoms with Crippen LogP contribution in [-0.2, 0) is 0 Å². The second kappa shape index (κ2) is 5.81. The van der Waals surface area contributed by atoms with Crippen molar-refractivity contribution < 1.29 is 0 Å². The molecule has 7 aromatic rings. The van der Waals surface area contributed by atoms with Crippen molar-refractivity contribution >= 4 is 64.6 Å². The Morgan fingerprint density at radius 1 is 0.267 bits per heavy atom. The van der Waals surface area contributed by atoms with E-state index in [-0.39, 0.29) is 0 Å². The summed E-state index contributed by atoms with van der Waals surface area (Å²) >= 11 is 0. The minimum atomic E-state index is 1.29. The summed E-state index contributed by atoms with van der Waals surface area (Å²) in [6, 6.07) is 40.1. The molecule has 7 rings (SSSR count). The normalized spacial score (nSPS) is 12.0. The molecule has 0 aliphatic carbocycles. The Labute approximate surface area is 174 Å². The molecule has 0 aromatic heterocycles. The van der Waals surface area contributed by atoms with Crippen molar-refractivity contribution in [2.45, 2.75) is 0 Å². The van der Waals surface area contributed by atoms with E-state index in [0.717, 1.165) is 0 Å². The topological polar surface area (TPSA) is 0 Å². The van der Waals surface area contributed by atoms with Crippen molar-refractivity contribution in [3.8, 4) is 0 Å². The van der Waals surface area contributed by atoms with Gasteiger partial charge in [-0.2, -0.15) is 0 Å². The summed E-state index contributed by atoms with van der Waals surface area (Å²) in [5.74, 6) is 0. The lowest BCUT2D eigenvalue weighted by Crippen LogP contribution is -1.87. The SMILES string of the molecule is c1ccc2cc3c(ccc4c5ccccc5c5c6ccccc6ccc5c34)cc2c1. The molecule has 0 spiro atoms. The molecule has 0 bridgehead atoms. The monoisotopic (exact) mass is 378 g/mol. The molecule has 0 unspecified atom stereocenters. The van der Waals surface area contributed by atoms with Gasteiger partial charge in [0.15, 0.2) is 0 Å². The van der Waals surface area contributed by atoms with Crippen molar-refractivity contribution in [1.82, 2.24) is 0 Å². The van der Waals surface area contributed by atoms with Gasteiger partial charge in [0.05, 0.1) is 0 Å². The maximum Gasteiger partial charge on any atom is -0.00199 e. The molecular formula is C30H18. The van der Waals surface area contributed by atoms with E-state index in [1.54, 1.807) is 0 Å². The highest BCUT2D eigenvalue weighted by atomic mass is 14.2. The highest BCUT2D eigenvalue weighted by Gasteiger charge is 2.13. The molecule has 0 radical (unpaired) electrons. The molecule has 0 saturated carbocycles. The lowest BCUT2D eigenvalue weighted by atomic mass is 9.88. The molecule has 0 aliphatic rings. The van der Waals surface area contributed by atoms with Gasteiger partial charge in [0.1, 0.15) is 0 Å². The zero-order chi connectivity index (χ0) is 19.7. The third-order valence-corrected chi connectivity index (χ3v) is 6.57. The molecule has 0 saturated heterocycles. The van der Waals surface area contributed by atoms with Gasteiger partial charge in [-0.05, 0) is 76.8 Å². The molecule has 0 heterocycles. The van der Waals surface area contributed by atoms with Gasteiger partial charge < -0.3 is 0 Å². The zero-order valence-corrected chi connectivity index (χ0v) is 16.4. The van der Waals surface area contributed by atoms with Crippen LogP contribution >= 0.6 is 0 Å². The first-order valence-electron chi connectivity index (χ1n) is 10.5. The van der Waals surface area contributed by atoms with Gasteiger partial charge in [-0.25, -0.2) is 0 Å². The summed E-state index contributed by atoms with van der Waals surface area (Å²) in [4.78, 5) is 0. The van der Waals surface area contributed by atoms with Gasteiger partial charge in [-0.15, -0.1) is 0 Å². The van der Waals surface area contributed by atoms with Crippen LogP contribution in [0.25, 0.3) is 64.6 Å². The average molecular weight is 378 g/mol. The van der Waals surface area contributed by atoms with E-state index in [2.05, 4.69) is 109 Å². The maximum absolute atomic E-state index is 2.37. The van der Waals surface area contributed by atoms with E-state index in [1.807, 2.05) is 0 Å². The first kappa shape index (κ1) is 16.0. The predicted octanol–water partition coefficient (Wildman–Crippen LogP) is 8.61. The Balaban J connectivity index is 1.85. The molecule has 138 valence electrons. The van der Waals surface area contributed by atoms with Crippen LogP contribution in [0, 0.1) is 0 Å². The summed E-state index contributed by atoms with van der Waals surface area (Å²) in [5, 5.41) is 15.9. The maximum atomic E-state index is 2.37. The molecule has 7 aromatic carbocycles. The molecular weight excluding hydrogens is 360 g/mol. The second-order valence-corrected chi connectivity index (χ2v) is 8.16. The standard InChI is InChI=1S/C30H18/c1-2-9-21-18-28-22(17-20(21)8-1)14-15-26-24-11-5-6-12-25(24)29-23-10-4-3-7-19(23)13-16-27(29)30(26)28/h1-18H. The predicted molar refractivity (Wildman–Crippen MR) is 131 cm³/mol. The fraction of sp³-hybridized carbons (Fsp3) is 0. The molecule has 30 heavy (non-hydrogen) atoms. The van der Waals surface area contributed by atoms with Crippen molar-refractivity contribution in [1.29, 1.82) is 0 Å². The molecule has 0 N–H and O–H groups in total. The number of benzene rings is 7. The van der Waals surface area contributed by atoms with Gasteiger partial charge >= 0.3 is 0 Å². The fourth-order valence-corrected chi connectivity index (χ4v) is 5.23. The van der Waals surface area contributed by atoms with E-state index in [9.17, 15) is 0 Å². The lowest BCUT2D eigenvalue weighted by Gasteiger charge is -2.15. The summed E-state index contributed by atoms with van der Waals surface area (Å²) < 4.78 is 0. The second-order valence-electron chi connectivity index (χ2n) is 8.16. The summed E-state index contributed by atoms with van der Waals surface area (Å²) in [6.07, 6.45) is 0. The van der Waals surface area contributed by atoms with Crippen LogP contribution in [0.3, 0.4) is 0 Å². The summed E-state index contributed by atoms with van der Waals surface area (Å²) in [7, 11) is 0. The number of fused-ring (bicyclic) bond motifs is 11. The molecule has 0 amide bonds. The Morgan fingerprint density at radius 2 is 0.800 bits per heavy atom. The zero-order valence-electron chi connectivity index (χ0n) is 16.4. The first-order valence-corrected chi connectivity index (χ1v) is 10.5. The smallest absolute Gasteiger partial charge is 0.00199 e. The third-order valence-electron chi connectivity index (χ3n) is 6.57. The van der Waals surface area contributed by atoms with Crippen molar-refractivity contribution in [2.75, 3.05) is 0 Å².